The van der Waals surface area contributed by atoms with E-state index < -0.39 is 0 Å². The van der Waals surface area contributed by atoms with Crippen LogP contribution in [0.2, 0.25) is 0 Å². The van der Waals surface area contributed by atoms with Gasteiger partial charge >= 0.3 is 6.01 Å². The second-order valence-corrected chi connectivity index (χ2v) is 4.82. The first-order valence-corrected chi connectivity index (χ1v) is 7.23. The van der Waals surface area contributed by atoms with Crippen molar-refractivity contribution >= 4 is 6.01 Å². The molecule has 108 valence electrons. The molecule has 6 heteroatoms. The zero-order valence-corrected chi connectivity index (χ0v) is 11.9. The summed E-state index contributed by atoms with van der Waals surface area (Å²) >= 11 is 0. The summed E-state index contributed by atoms with van der Waals surface area (Å²) in [4.78, 5) is 2.13. The van der Waals surface area contributed by atoms with Gasteiger partial charge in [0.05, 0.1) is 12.6 Å². The summed E-state index contributed by atoms with van der Waals surface area (Å²) in [6, 6.07) is 0.623. The SMILES string of the molecule is CCCNCc1nnc(N2CCCC(OCC)C2)o1. The lowest BCUT2D eigenvalue weighted by atomic mass is 10.1. The number of nitrogens with zero attached hydrogens (tertiary/aromatic N) is 3. The van der Waals surface area contributed by atoms with Crippen molar-refractivity contribution in [3.63, 3.8) is 0 Å². The van der Waals surface area contributed by atoms with E-state index in [0.717, 1.165) is 45.5 Å². The van der Waals surface area contributed by atoms with E-state index in [1.54, 1.807) is 0 Å². The molecule has 0 aliphatic carbocycles. The number of hydrogen-bond donors (Lipinski definition) is 1. The Kier molecular flexibility index (Phi) is 5.60. The van der Waals surface area contributed by atoms with Crippen LogP contribution in [-0.4, -0.2) is 42.5 Å². The molecule has 1 atom stereocenters. The Bertz CT molecular complexity index is 367. The maximum absolute atomic E-state index is 5.68. The molecular weight excluding hydrogens is 244 g/mol. The number of nitrogens with one attached hydrogen (secondary N) is 1. The van der Waals surface area contributed by atoms with E-state index in [9.17, 15) is 0 Å². The average Bonchev–Trinajstić information content (AvgIpc) is 2.89. The number of hydrogen-bond acceptors (Lipinski definition) is 6. The summed E-state index contributed by atoms with van der Waals surface area (Å²) in [7, 11) is 0. The van der Waals surface area contributed by atoms with E-state index in [-0.39, 0.29) is 6.10 Å². The summed E-state index contributed by atoms with van der Waals surface area (Å²) in [6.45, 7) is 8.34. The fourth-order valence-corrected chi connectivity index (χ4v) is 2.30. The van der Waals surface area contributed by atoms with Crippen molar-refractivity contribution in [2.45, 2.75) is 45.8 Å². The van der Waals surface area contributed by atoms with Gasteiger partial charge in [-0.3, -0.25) is 0 Å². The highest BCUT2D eigenvalue weighted by molar-refractivity contribution is 5.25. The van der Waals surface area contributed by atoms with Crippen LogP contribution in [0.4, 0.5) is 6.01 Å². The highest BCUT2D eigenvalue weighted by Crippen LogP contribution is 2.20. The summed E-state index contributed by atoms with van der Waals surface area (Å²) in [5, 5.41) is 11.5. The Labute approximate surface area is 114 Å². The minimum absolute atomic E-state index is 0.285. The number of ether oxygens (including phenoxy) is 1. The smallest absolute Gasteiger partial charge is 0.318 e. The van der Waals surface area contributed by atoms with Gasteiger partial charge in [-0.25, -0.2) is 0 Å². The Morgan fingerprint density at radius 1 is 1.42 bits per heavy atom. The second-order valence-electron chi connectivity index (χ2n) is 4.82. The van der Waals surface area contributed by atoms with E-state index in [1.165, 1.54) is 0 Å². The first-order valence-electron chi connectivity index (χ1n) is 7.23. The topological polar surface area (TPSA) is 63.4 Å². The minimum Gasteiger partial charge on any atom is -0.407 e. The van der Waals surface area contributed by atoms with Crippen LogP contribution in [-0.2, 0) is 11.3 Å². The van der Waals surface area contributed by atoms with Crippen LogP contribution >= 0.6 is 0 Å². The van der Waals surface area contributed by atoms with Crippen LogP contribution in [0.25, 0.3) is 0 Å². The summed E-state index contributed by atoms with van der Waals surface area (Å²) in [6.07, 6.45) is 3.61. The summed E-state index contributed by atoms with van der Waals surface area (Å²) < 4.78 is 11.4. The van der Waals surface area contributed by atoms with E-state index in [1.807, 2.05) is 6.92 Å². The molecule has 1 aliphatic rings. The van der Waals surface area contributed by atoms with E-state index in [4.69, 9.17) is 9.15 Å². The number of piperidine rings is 1. The van der Waals surface area contributed by atoms with Crippen molar-refractivity contribution in [3.05, 3.63) is 5.89 Å². The van der Waals surface area contributed by atoms with E-state index >= 15 is 0 Å². The largest absolute Gasteiger partial charge is 0.407 e. The molecule has 1 saturated heterocycles. The summed E-state index contributed by atoms with van der Waals surface area (Å²) in [5.74, 6) is 0.655. The van der Waals surface area contributed by atoms with Crippen molar-refractivity contribution in [1.82, 2.24) is 15.5 Å². The maximum Gasteiger partial charge on any atom is 0.318 e. The molecule has 2 rings (SSSR count). The lowest BCUT2D eigenvalue weighted by molar-refractivity contribution is 0.0516. The van der Waals surface area contributed by atoms with Gasteiger partial charge in [-0.1, -0.05) is 12.0 Å². The third-order valence-corrected chi connectivity index (χ3v) is 3.21. The molecule has 1 fully saturated rings. The van der Waals surface area contributed by atoms with Crippen molar-refractivity contribution in [3.8, 4) is 0 Å². The molecule has 1 aromatic heterocycles. The molecule has 0 spiro atoms. The third-order valence-electron chi connectivity index (χ3n) is 3.21. The number of anilines is 1. The van der Waals surface area contributed by atoms with Gasteiger partial charge in [0.1, 0.15) is 0 Å². The molecule has 1 N–H and O–H groups in total. The highest BCUT2D eigenvalue weighted by atomic mass is 16.5. The van der Waals surface area contributed by atoms with Crippen molar-refractivity contribution in [1.29, 1.82) is 0 Å². The molecule has 2 heterocycles. The second kappa shape index (κ2) is 7.45. The standard InChI is InChI=1S/C13H24N4O2/c1-3-7-14-9-12-15-16-13(19-12)17-8-5-6-11(10-17)18-4-2/h11,14H,3-10H2,1-2H3. The first-order chi connectivity index (χ1) is 9.33. The lowest BCUT2D eigenvalue weighted by Crippen LogP contribution is -2.39. The van der Waals surface area contributed by atoms with Gasteiger partial charge in [0.2, 0.25) is 5.89 Å². The molecule has 0 radical (unpaired) electrons. The predicted octanol–water partition coefficient (Wildman–Crippen LogP) is 1.57. The van der Waals surface area contributed by atoms with E-state index in [0.29, 0.717) is 18.5 Å². The first kappa shape index (κ1) is 14.3. The maximum atomic E-state index is 5.68. The minimum atomic E-state index is 0.285. The van der Waals surface area contributed by atoms with Crippen LogP contribution in [0.15, 0.2) is 4.42 Å². The van der Waals surface area contributed by atoms with Crippen molar-refractivity contribution in [2.24, 2.45) is 0 Å². The van der Waals surface area contributed by atoms with Gasteiger partial charge in [-0.05, 0) is 32.7 Å². The third kappa shape index (κ3) is 4.18. The van der Waals surface area contributed by atoms with Crippen LogP contribution in [0.5, 0.6) is 0 Å². The van der Waals surface area contributed by atoms with Gasteiger partial charge in [0.15, 0.2) is 0 Å². The molecule has 1 unspecified atom stereocenters. The molecule has 19 heavy (non-hydrogen) atoms. The molecule has 0 amide bonds. The monoisotopic (exact) mass is 268 g/mol. The Morgan fingerprint density at radius 3 is 3.11 bits per heavy atom. The van der Waals surface area contributed by atoms with Gasteiger partial charge in [0.25, 0.3) is 0 Å². The highest BCUT2D eigenvalue weighted by Gasteiger charge is 2.23. The van der Waals surface area contributed by atoms with Crippen molar-refractivity contribution < 1.29 is 9.15 Å². The molecule has 0 bridgehead atoms. The molecule has 6 nitrogen and oxygen atoms in total. The predicted molar refractivity (Wildman–Crippen MR) is 73.2 cm³/mol. The quantitative estimate of drug-likeness (QED) is 0.757. The van der Waals surface area contributed by atoms with Crippen LogP contribution < -0.4 is 10.2 Å². The van der Waals surface area contributed by atoms with Gasteiger partial charge in [-0.2, -0.15) is 0 Å². The van der Waals surface area contributed by atoms with E-state index in [2.05, 4.69) is 27.3 Å². The molecule has 1 aliphatic heterocycles. The number of aromatic nitrogens is 2. The summed E-state index contributed by atoms with van der Waals surface area (Å²) in [5.41, 5.74) is 0. The van der Waals surface area contributed by atoms with Crippen LogP contribution in [0.1, 0.15) is 39.0 Å². The zero-order valence-electron chi connectivity index (χ0n) is 11.9. The fourth-order valence-electron chi connectivity index (χ4n) is 2.30. The molecule has 0 saturated carbocycles. The van der Waals surface area contributed by atoms with Gasteiger partial charge < -0.3 is 19.4 Å². The zero-order chi connectivity index (χ0) is 13.5. The van der Waals surface area contributed by atoms with Crippen LogP contribution in [0, 0.1) is 0 Å². The Hall–Kier alpha value is -1.14. The van der Waals surface area contributed by atoms with Crippen molar-refractivity contribution in [2.75, 3.05) is 31.1 Å². The van der Waals surface area contributed by atoms with Crippen LogP contribution in [0.3, 0.4) is 0 Å². The Balaban J connectivity index is 1.86. The molecule has 1 aromatic rings. The van der Waals surface area contributed by atoms with Gasteiger partial charge in [-0.15, -0.1) is 5.10 Å². The normalized spacial score (nSPS) is 19.9. The Morgan fingerprint density at radius 2 is 2.32 bits per heavy atom. The fraction of sp³-hybridized carbons (Fsp3) is 0.846. The molecule has 0 aromatic carbocycles. The molecular formula is C13H24N4O2. The number of rotatable bonds is 7. The lowest BCUT2D eigenvalue weighted by Gasteiger charge is -2.30. The average molecular weight is 268 g/mol. The van der Waals surface area contributed by atoms with Gasteiger partial charge in [0, 0.05) is 19.7 Å².